The van der Waals surface area contributed by atoms with Crippen LogP contribution >= 0.6 is 11.3 Å². The molecule has 2 unspecified atom stereocenters. The number of morpholine rings is 1. The van der Waals surface area contributed by atoms with Crippen molar-refractivity contribution in [2.75, 3.05) is 19.7 Å². The van der Waals surface area contributed by atoms with Gasteiger partial charge in [0, 0.05) is 24.4 Å². The maximum Gasteiger partial charge on any atom is 0.318 e. The van der Waals surface area contributed by atoms with E-state index in [4.69, 9.17) is 4.74 Å². The maximum atomic E-state index is 12.6. The molecule has 0 saturated carbocycles. The van der Waals surface area contributed by atoms with Crippen LogP contribution in [0.5, 0.6) is 0 Å². The summed E-state index contributed by atoms with van der Waals surface area (Å²) >= 11 is 1.66. The average molecular weight is 347 g/mol. The van der Waals surface area contributed by atoms with Crippen LogP contribution in [0.25, 0.3) is 0 Å². The van der Waals surface area contributed by atoms with E-state index in [2.05, 4.69) is 26.1 Å². The minimum atomic E-state index is -0.153. The average Bonchev–Trinajstić information content (AvgIpc) is 3.32. The number of nitrogens with zero attached hydrogens (tertiary/aromatic N) is 4. The van der Waals surface area contributed by atoms with Crippen molar-refractivity contribution in [3.05, 3.63) is 34.0 Å². The largest absolute Gasteiger partial charge is 0.369 e. The fraction of sp³-hybridized carbons (Fsp3) is 0.562. The van der Waals surface area contributed by atoms with Crippen LogP contribution in [0.3, 0.4) is 0 Å². The minimum Gasteiger partial charge on any atom is -0.369 e. The number of carbonyl (C=O) groups is 1. The number of aryl methyl sites for hydroxylation is 1. The molecule has 4 rings (SSSR count). The third kappa shape index (κ3) is 2.91. The van der Waals surface area contributed by atoms with Gasteiger partial charge in [-0.1, -0.05) is 6.07 Å². The number of hydrogen-bond donors (Lipinski definition) is 1. The number of nitrogens with one attached hydrogen (secondary N) is 1. The van der Waals surface area contributed by atoms with Crippen LogP contribution in [0.4, 0.5) is 4.79 Å². The van der Waals surface area contributed by atoms with Crippen molar-refractivity contribution in [1.82, 2.24) is 25.0 Å². The lowest BCUT2D eigenvalue weighted by atomic mass is 10.2. The molecule has 2 aliphatic heterocycles. The zero-order chi connectivity index (χ0) is 16.5. The molecule has 0 spiro atoms. The molecular weight excluding hydrogens is 326 g/mol. The van der Waals surface area contributed by atoms with E-state index in [-0.39, 0.29) is 18.2 Å². The van der Waals surface area contributed by atoms with Crippen LogP contribution in [0.15, 0.2) is 17.5 Å². The Labute approximate surface area is 144 Å². The second-order valence-corrected chi connectivity index (χ2v) is 7.20. The van der Waals surface area contributed by atoms with Crippen molar-refractivity contribution in [3.8, 4) is 0 Å². The number of thiophene rings is 1. The molecule has 2 aromatic rings. The summed E-state index contributed by atoms with van der Waals surface area (Å²) in [6.07, 6.45) is 2.04. The molecule has 0 aliphatic carbocycles. The van der Waals surface area contributed by atoms with Crippen LogP contribution in [-0.2, 0) is 17.7 Å². The molecular formula is C16H21N5O2S. The monoisotopic (exact) mass is 347 g/mol. The molecule has 2 amide bonds. The Morgan fingerprint density at radius 3 is 3.21 bits per heavy atom. The molecule has 24 heavy (non-hydrogen) atoms. The fourth-order valence-electron chi connectivity index (χ4n) is 3.31. The molecule has 1 N–H and O–H groups in total. The molecule has 2 aromatic heterocycles. The summed E-state index contributed by atoms with van der Waals surface area (Å²) in [6, 6.07) is 3.84. The summed E-state index contributed by atoms with van der Waals surface area (Å²) in [5, 5.41) is 13.6. The fourth-order valence-corrected chi connectivity index (χ4v) is 4.08. The van der Waals surface area contributed by atoms with Gasteiger partial charge in [0.05, 0.1) is 19.2 Å². The Hall–Kier alpha value is -1.93. The zero-order valence-electron chi connectivity index (χ0n) is 13.6. The van der Waals surface area contributed by atoms with Crippen molar-refractivity contribution >= 4 is 17.4 Å². The van der Waals surface area contributed by atoms with Crippen molar-refractivity contribution in [1.29, 1.82) is 0 Å². The maximum absolute atomic E-state index is 12.6. The highest BCUT2D eigenvalue weighted by Gasteiger charge is 2.28. The summed E-state index contributed by atoms with van der Waals surface area (Å²) in [7, 11) is 0. The van der Waals surface area contributed by atoms with Gasteiger partial charge in [0.15, 0.2) is 5.82 Å². The lowest BCUT2D eigenvalue weighted by molar-refractivity contribution is -0.0139. The van der Waals surface area contributed by atoms with Gasteiger partial charge in [0.1, 0.15) is 11.9 Å². The summed E-state index contributed by atoms with van der Waals surface area (Å²) in [5.74, 6) is 1.87. The molecule has 0 aromatic carbocycles. The van der Waals surface area contributed by atoms with E-state index in [1.54, 1.807) is 11.3 Å². The van der Waals surface area contributed by atoms with Gasteiger partial charge in [-0.15, -0.1) is 21.5 Å². The smallest absolute Gasteiger partial charge is 0.318 e. The van der Waals surface area contributed by atoms with Crippen LogP contribution in [0, 0.1) is 0 Å². The SMILES string of the molecule is CC(NC(=O)N1CCOC(c2cccs2)C1)c1nnc2n1CCC2. The number of amides is 2. The summed E-state index contributed by atoms with van der Waals surface area (Å²) in [4.78, 5) is 15.6. The van der Waals surface area contributed by atoms with E-state index >= 15 is 0 Å². The van der Waals surface area contributed by atoms with Crippen LogP contribution in [0.1, 0.15) is 42.0 Å². The summed E-state index contributed by atoms with van der Waals surface area (Å²) < 4.78 is 7.93. The van der Waals surface area contributed by atoms with E-state index in [0.29, 0.717) is 19.7 Å². The third-order valence-electron chi connectivity index (χ3n) is 4.58. The zero-order valence-corrected chi connectivity index (χ0v) is 14.5. The van der Waals surface area contributed by atoms with Crippen molar-refractivity contribution in [3.63, 3.8) is 0 Å². The lowest BCUT2D eigenvalue weighted by Crippen LogP contribution is -2.47. The number of ether oxygens (including phenoxy) is 1. The minimum absolute atomic E-state index is 0.0304. The van der Waals surface area contributed by atoms with Crippen LogP contribution < -0.4 is 5.32 Å². The standard InChI is InChI=1S/C16H21N5O2S/c1-11(15-19-18-14-5-2-6-21(14)15)17-16(22)20-7-8-23-12(10-20)13-4-3-9-24-13/h3-4,9,11-12H,2,5-8,10H2,1H3,(H,17,22). The van der Waals surface area contributed by atoms with Crippen molar-refractivity contribution in [2.24, 2.45) is 0 Å². The van der Waals surface area contributed by atoms with Gasteiger partial charge in [0.25, 0.3) is 0 Å². The van der Waals surface area contributed by atoms with Gasteiger partial charge in [-0.05, 0) is 24.8 Å². The Morgan fingerprint density at radius 2 is 2.38 bits per heavy atom. The summed E-state index contributed by atoms with van der Waals surface area (Å²) in [5.41, 5.74) is 0. The van der Waals surface area contributed by atoms with E-state index in [0.717, 1.165) is 35.9 Å². The summed E-state index contributed by atoms with van der Waals surface area (Å²) in [6.45, 7) is 4.65. The predicted octanol–water partition coefficient (Wildman–Crippen LogP) is 2.13. The van der Waals surface area contributed by atoms with Gasteiger partial charge in [-0.2, -0.15) is 0 Å². The Morgan fingerprint density at radius 1 is 1.46 bits per heavy atom. The molecule has 7 nitrogen and oxygen atoms in total. The topological polar surface area (TPSA) is 72.3 Å². The first-order valence-corrected chi connectivity index (χ1v) is 9.23. The number of fused-ring (bicyclic) bond motifs is 1. The van der Waals surface area contributed by atoms with Gasteiger partial charge in [-0.3, -0.25) is 0 Å². The Kier molecular flexibility index (Phi) is 4.24. The van der Waals surface area contributed by atoms with E-state index in [9.17, 15) is 4.79 Å². The second-order valence-electron chi connectivity index (χ2n) is 6.22. The first-order chi connectivity index (χ1) is 11.7. The molecule has 4 heterocycles. The number of rotatable bonds is 3. The van der Waals surface area contributed by atoms with E-state index in [1.165, 1.54) is 0 Å². The molecule has 1 fully saturated rings. The van der Waals surface area contributed by atoms with Gasteiger partial charge < -0.3 is 19.5 Å². The van der Waals surface area contributed by atoms with Crippen molar-refractivity contribution in [2.45, 2.75) is 38.5 Å². The quantitative estimate of drug-likeness (QED) is 0.923. The normalized spacial score (nSPS) is 21.5. The van der Waals surface area contributed by atoms with Crippen molar-refractivity contribution < 1.29 is 9.53 Å². The molecule has 8 heteroatoms. The first-order valence-electron chi connectivity index (χ1n) is 8.35. The highest BCUT2D eigenvalue weighted by atomic mass is 32.1. The molecule has 0 bridgehead atoms. The number of urea groups is 1. The highest BCUT2D eigenvalue weighted by molar-refractivity contribution is 7.10. The Bertz CT molecular complexity index is 714. The second kappa shape index (κ2) is 6.52. The molecule has 2 aliphatic rings. The molecule has 2 atom stereocenters. The van der Waals surface area contributed by atoms with Gasteiger partial charge in [0.2, 0.25) is 0 Å². The third-order valence-corrected chi connectivity index (χ3v) is 5.54. The lowest BCUT2D eigenvalue weighted by Gasteiger charge is -2.33. The number of aromatic nitrogens is 3. The number of carbonyl (C=O) groups excluding carboxylic acids is 1. The predicted molar refractivity (Wildman–Crippen MR) is 89.9 cm³/mol. The van der Waals surface area contributed by atoms with E-state index in [1.807, 2.05) is 23.3 Å². The van der Waals surface area contributed by atoms with Gasteiger partial charge >= 0.3 is 6.03 Å². The van der Waals surface area contributed by atoms with Crippen LogP contribution in [0.2, 0.25) is 0 Å². The molecule has 1 saturated heterocycles. The molecule has 0 radical (unpaired) electrons. The highest BCUT2D eigenvalue weighted by Crippen LogP contribution is 2.26. The molecule has 128 valence electrons. The van der Waals surface area contributed by atoms with E-state index < -0.39 is 0 Å². The van der Waals surface area contributed by atoms with Crippen LogP contribution in [-0.4, -0.2) is 45.4 Å². The van der Waals surface area contributed by atoms with Gasteiger partial charge in [-0.25, -0.2) is 4.79 Å². The first kappa shape index (κ1) is 15.6. The Balaban J connectivity index is 1.40. The number of hydrogen-bond acceptors (Lipinski definition) is 5.